The van der Waals surface area contributed by atoms with E-state index in [9.17, 15) is 14.7 Å². The molecule has 0 aliphatic heterocycles. The molecule has 2 aromatic rings. The third-order valence-electron chi connectivity index (χ3n) is 8.15. The van der Waals surface area contributed by atoms with Crippen LogP contribution in [0.3, 0.4) is 0 Å². The molecule has 11 heteroatoms. The van der Waals surface area contributed by atoms with Crippen LogP contribution < -0.4 is 5.73 Å². The summed E-state index contributed by atoms with van der Waals surface area (Å²) in [7, 11) is -2.93. The number of rotatable bonds is 27. The molecule has 244 valence electrons. The molecule has 0 saturated heterocycles. The average molecular weight is 622 g/mol. The Bertz CT molecular complexity index is 1110. The van der Waals surface area contributed by atoms with E-state index < -0.39 is 20.0 Å². The molecular formula is C32H56N5O5P. The minimum Gasteiger partial charge on any atom is -0.382 e. The number of phosphoric ester groups is 1. The number of ether oxygens (including phenoxy) is 1. The molecule has 0 aliphatic rings. The molecule has 0 bridgehead atoms. The maximum atomic E-state index is 12.4. The second-order valence-corrected chi connectivity index (χ2v) is 13.1. The summed E-state index contributed by atoms with van der Waals surface area (Å²) in [5.41, 5.74) is 5.94. The van der Waals surface area contributed by atoms with Gasteiger partial charge >= 0.3 is 7.82 Å². The number of anilines is 1. The first kappa shape index (κ1) is 37.2. The van der Waals surface area contributed by atoms with Crippen LogP contribution in [0, 0.1) is 11.3 Å². The van der Waals surface area contributed by atoms with Gasteiger partial charge in [-0.1, -0.05) is 116 Å². The van der Waals surface area contributed by atoms with Crippen LogP contribution in [0.5, 0.6) is 0 Å². The zero-order valence-corrected chi connectivity index (χ0v) is 27.6. The van der Waals surface area contributed by atoms with Gasteiger partial charge in [-0.15, -0.1) is 0 Å². The third kappa shape index (κ3) is 15.0. The van der Waals surface area contributed by atoms with Crippen LogP contribution in [0.1, 0.15) is 135 Å². The normalized spacial score (nSPS) is 14.5. The van der Waals surface area contributed by atoms with Crippen molar-refractivity contribution in [1.29, 1.82) is 5.26 Å². The highest BCUT2D eigenvalue weighted by Gasteiger charge is 2.35. The van der Waals surface area contributed by atoms with Crippen molar-refractivity contribution >= 4 is 19.2 Å². The quantitative estimate of drug-likeness (QED) is 0.0742. The Labute approximate surface area is 259 Å². The van der Waals surface area contributed by atoms with Gasteiger partial charge in [0.1, 0.15) is 24.5 Å². The van der Waals surface area contributed by atoms with Crippen LogP contribution in [-0.4, -0.2) is 45.4 Å². The number of nitriles is 1. The lowest BCUT2D eigenvalue weighted by Gasteiger charge is -2.25. The highest BCUT2D eigenvalue weighted by molar-refractivity contribution is 7.47. The van der Waals surface area contributed by atoms with Crippen molar-refractivity contribution in [2.45, 2.75) is 141 Å². The largest absolute Gasteiger partial charge is 0.472 e. The third-order valence-corrected chi connectivity index (χ3v) is 9.12. The maximum absolute atomic E-state index is 12.4. The predicted molar refractivity (Wildman–Crippen MR) is 172 cm³/mol. The lowest BCUT2D eigenvalue weighted by atomic mass is 9.99. The molecule has 2 aromatic heterocycles. The summed E-state index contributed by atoms with van der Waals surface area (Å²) in [4.78, 5) is 14.1. The molecule has 0 spiro atoms. The fraction of sp³-hybridized carbons (Fsp3) is 0.781. The topological polar surface area (TPSA) is 145 Å². The molecule has 2 heterocycles. The van der Waals surface area contributed by atoms with Gasteiger partial charge in [-0.3, -0.25) is 9.05 Å². The fourth-order valence-electron chi connectivity index (χ4n) is 5.30. The van der Waals surface area contributed by atoms with Gasteiger partial charge in [-0.25, -0.2) is 14.1 Å². The van der Waals surface area contributed by atoms with Crippen molar-refractivity contribution in [3.05, 3.63) is 24.2 Å². The Morgan fingerprint density at radius 1 is 0.907 bits per heavy atom. The van der Waals surface area contributed by atoms with E-state index in [1.165, 1.54) is 110 Å². The zero-order valence-electron chi connectivity index (χ0n) is 26.7. The summed E-state index contributed by atoms with van der Waals surface area (Å²) >= 11 is 0. The highest BCUT2D eigenvalue weighted by atomic mass is 31.2. The Kier molecular flexibility index (Phi) is 18.7. The average Bonchev–Trinajstić information content (AvgIpc) is 3.43. The first-order valence-corrected chi connectivity index (χ1v) is 18.0. The number of nitrogen functional groups attached to an aromatic ring is 1. The van der Waals surface area contributed by atoms with Crippen LogP contribution in [0.25, 0.3) is 5.52 Å². The summed E-state index contributed by atoms with van der Waals surface area (Å²) in [6.45, 7) is 2.01. The summed E-state index contributed by atoms with van der Waals surface area (Å²) < 4.78 is 29.8. The fourth-order valence-corrected chi connectivity index (χ4v) is 6.11. The van der Waals surface area contributed by atoms with Gasteiger partial charge in [0.2, 0.25) is 0 Å². The SMILES string of the molecule is CCCCCCCCCCCCCCCCCCCCOP(=O)(O)OC[C@](C#N)(CCc1ccc2c(N)ncnn12)OC. The van der Waals surface area contributed by atoms with E-state index in [-0.39, 0.29) is 13.0 Å². The van der Waals surface area contributed by atoms with E-state index in [1.54, 1.807) is 10.6 Å². The number of aromatic nitrogens is 3. The molecule has 10 nitrogen and oxygen atoms in total. The standard InChI is InChI=1S/C32H56N5O5P/c1-3-4-5-6-7-8-9-10-11-12-13-14-15-16-17-18-19-20-25-41-43(38,39)42-27-32(26-33,40-2)24-23-29-21-22-30-31(34)35-28-36-37(29)30/h21-22,28H,3-20,23-25,27H2,1-2H3,(H,38,39)(H2,34,35,36)/t32-/m1/s1. The number of phosphoric acid groups is 1. The lowest BCUT2D eigenvalue weighted by molar-refractivity contribution is -0.0166. The Balaban J connectivity index is 1.49. The number of hydrogen-bond donors (Lipinski definition) is 2. The molecule has 2 rings (SSSR count). The number of unbranched alkanes of at least 4 members (excludes halogenated alkanes) is 17. The van der Waals surface area contributed by atoms with Gasteiger partial charge in [-0.05, 0) is 31.4 Å². The number of aryl methyl sites for hydroxylation is 1. The molecule has 0 saturated carbocycles. The van der Waals surface area contributed by atoms with E-state index in [0.29, 0.717) is 24.2 Å². The second-order valence-electron chi connectivity index (χ2n) is 11.7. The van der Waals surface area contributed by atoms with Gasteiger partial charge in [0.15, 0.2) is 11.4 Å². The van der Waals surface area contributed by atoms with Crippen LogP contribution in [-0.2, 0) is 24.8 Å². The van der Waals surface area contributed by atoms with Crippen molar-refractivity contribution in [3.63, 3.8) is 0 Å². The molecule has 0 radical (unpaired) electrons. The molecule has 43 heavy (non-hydrogen) atoms. The predicted octanol–water partition coefficient (Wildman–Crippen LogP) is 8.33. The van der Waals surface area contributed by atoms with Crippen molar-refractivity contribution < 1.29 is 23.2 Å². The van der Waals surface area contributed by atoms with E-state index in [1.807, 2.05) is 6.07 Å². The first-order chi connectivity index (χ1) is 20.9. The van der Waals surface area contributed by atoms with Gasteiger partial charge in [-0.2, -0.15) is 10.4 Å². The van der Waals surface area contributed by atoms with Crippen molar-refractivity contribution in [1.82, 2.24) is 14.6 Å². The minimum atomic E-state index is -4.31. The van der Waals surface area contributed by atoms with E-state index in [4.69, 9.17) is 19.5 Å². The zero-order chi connectivity index (χ0) is 31.2. The van der Waals surface area contributed by atoms with Gasteiger partial charge < -0.3 is 15.4 Å². The van der Waals surface area contributed by atoms with Gasteiger partial charge in [0, 0.05) is 12.8 Å². The highest BCUT2D eigenvalue weighted by Crippen LogP contribution is 2.44. The summed E-state index contributed by atoms with van der Waals surface area (Å²) in [6, 6.07) is 5.74. The Morgan fingerprint density at radius 2 is 1.44 bits per heavy atom. The monoisotopic (exact) mass is 621 g/mol. The number of nitrogens with zero attached hydrogens (tertiary/aromatic N) is 4. The maximum Gasteiger partial charge on any atom is 0.472 e. The van der Waals surface area contributed by atoms with Crippen LogP contribution >= 0.6 is 7.82 Å². The molecule has 0 fully saturated rings. The Hall–Kier alpha value is -2.02. The first-order valence-electron chi connectivity index (χ1n) is 16.5. The molecule has 0 amide bonds. The molecule has 0 aliphatic carbocycles. The molecule has 0 aromatic carbocycles. The summed E-state index contributed by atoms with van der Waals surface area (Å²) in [5.74, 6) is 0.357. The van der Waals surface area contributed by atoms with E-state index in [0.717, 1.165) is 18.5 Å². The molecule has 3 N–H and O–H groups in total. The number of nitrogens with two attached hydrogens (primary N) is 1. The van der Waals surface area contributed by atoms with E-state index >= 15 is 0 Å². The summed E-state index contributed by atoms with van der Waals surface area (Å²) in [6.07, 6.45) is 25.0. The van der Waals surface area contributed by atoms with Crippen molar-refractivity contribution in [2.75, 3.05) is 26.1 Å². The van der Waals surface area contributed by atoms with Gasteiger partial charge in [0.25, 0.3) is 0 Å². The summed E-state index contributed by atoms with van der Waals surface area (Å²) in [5, 5.41) is 14.0. The lowest BCUT2D eigenvalue weighted by Crippen LogP contribution is -2.35. The number of fused-ring (bicyclic) bond motifs is 1. The van der Waals surface area contributed by atoms with Crippen LogP contribution in [0.2, 0.25) is 0 Å². The molecule has 1 unspecified atom stereocenters. The smallest absolute Gasteiger partial charge is 0.382 e. The van der Waals surface area contributed by atoms with E-state index in [2.05, 4.69) is 23.1 Å². The molecular weight excluding hydrogens is 565 g/mol. The minimum absolute atomic E-state index is 0.135. The second kappa shape index (κ2) is 21.6. The van der Waals surface area contributed by atoms with Crippen molar-refractivity contribution in [3.8, 4) is 6.07 Å². The van der Waals surface area contributed by atoms with Crippen LogP contribution in [0.15, 0.2) is 18.5 Å². The number of hydrogen-bond acceptors (Lipinski definition) is 8. The number of methoxy groups -OCH3 is 1. The van der Waals surface area contributed by atoms with Crippen molar-refractivity contribution in [2.24, 2.45) is 0 Å². The Morgan fingerprint density at radius 3 is 1.95 bits per heavy atom. The molecule has 2 atom stereocenters. The van der Waals surface area contributed by atoms with Gasteiger partial charge in [0.05, 0.1) is 6.61 Å². The van der Waals surface area contributed by atoms with Crippen LogP contribution in [0.4, 0.5) is 5.82 Å².